The van der Waals surface area contributed by atoms with E-state index >= 15 is 0 Å². The van der Waals surface area contributed by atoms with Crippen molar-refractivity contribution >= 4 is 0 Å². The molecule has 24 heavy (non-hydrogen) atoms. The van der Waals surface area contributed by atoms with Gasteiger partial charge in [0.05, 0.1) is 6.54 Å². The van der Waals surface area contributed by atoms with Gasteiger partial charge in [-0.25, -0.2) is 0 Å². The SMILES string of the molecule is CCn1cnnc1CNC1CCN(C(C)Cc2ccccc2)CC1. The average molecular weight is 327 g/mol. The Hall–Kier alpha value is -1.72. The summed E-state index contributed by atoms with van der Waals surface area (Å²) in [5.74, 6) is 1.04. The van der Waals surface area contributed by atoms with Gasteiger partial charge in [0.25, 0.3) is 0 Å². The topological polar surface area (TPSA) is 46.0 Å². The minimum atomic E-state index is 0.590. The molecule has 0 aliphatic carbocycles. The molecule has 5 heteroatoms. The maximum Gasteiger partial charge on any atom is 0.146 e. The summed E-state index contributed by atoms with van der Waals surface area (Å²) < 4.78 is 2.10. The van der Waals surface area contributed by atoms with Crippen LogP contribution < -0.4 is 5.32 Å². The molecule has 0 bridgehead atoms. The number of benzene rings is 1. The molecule has 0 spiro atoms. The fourth-order valence-electron chi connectivity index (χ4n) is 3.54. The third-order valence-corrected chi connectivity index (χ3v) is 5.11. The van der Waals surface area contributed by atoms with Crippen LogP contribution in [0.5, 0.6) is 0 Å². The first-order chi connectivity index (χ1) is 11.8. The van der Waals surface area contributed by atoms with Crippen molar-refractivity contribution in [3.63, 3.8) is 0 Å². The lowest BCUT2D eigenvalue weighted by Crippen LogP contribution is -2.46. The molecule has 5 nitrogen and oxygen atoms in total. The van der Waals surface area contributed by atoms with Gasteiger partial charge in [0.15, 0.2) is 0 Å². The van der Waals surface area contributed by atoms with Crippen LogP contribution >= 0.6 is 0 Å². The van der Waals surface area contributed by atoms with Gasteiger partial charge in [0.1, 0.15) is 12.2 Å². The van der Waals surface area contributed by atoms with Crippen LogP contribution in [0, 0.1) is 0 Å². The molecule has 0 amide bonds. The maximum atomic E-state index is 4.20. The highest BCUT2D eigenvalue weighted by atomic mass is 15.3. The van der Waals surface area contributed by atoms with Gasteiger partial charge < -0.3 is 14.8 Å². The Balaban J connectivity index is 1.42. The molecule has 2 heterocycles. The minimum Gasteiger partial charge on any atom is -0.317 e. The average Bonchev–Trinajstić information content (AvgIpc) is 3.09. The number of aromatic nitrogens is 3. The number of aryl methyl sites for hydroxylation is 1. The molecule has 1 fully saturated rings. The van der Waals surface area contributed by atoms with Crippen LogP contribution in [-0.2, 0) is 19.5 Å². The zero-order chi connectivity index (χ0) is 16.8. The van der Waals surface area contributed by atoms with Crippen molar-refractivity contribution in [1.82, 2.24) is 25.0 Å². The molecule has 130 valence electrons. The lowest BCUT2D eigenvalue weighted by Gasteiger charge is -2.36. The van der Waals surface area contributed by atoms with E-state index in [1.54, 1.807) is 0 Å². The van der Waals surface area contributed by atoms with Gasteiger partial charge in [-0.3, -0.25) is 0 Å². The summed E-state index contributed by atoms with van der Waals surface area (Å²) >= 11 is 0. The molecular weight excluding hydrogens is 298 g/mol. The lowest BCUT2D eigenvalue weighted by atomic mass is 10.00. The van der Waals surface area contributed by atoms with E-state index in [9.17, 15) is 0 Å². The van der Waals surface area contributed by atoms with Gasteiger partial charge in [0.2, 0.25) is 0 Å². The molecule has 0 saturated carbocycles. The Morgan fingerprint density at radius 3 is 2.67 bits per heavy atom. The maximum absolute atomic E-state index is 4.20. The van der Waals surface area contributed by atoms with Crippen molar-refractivity contribution in [2.75, 3.05) is 13.1 Å². The summed E-state index contributed by atoms with van der Waals surface area (Å²) in [6.45, 7) is 8.57. The number of rotatable bonds is 7. The van der Waals surface area contributed by atoms with Crippen LogP contribution in [0.4, 0.5) is 0 Å². The Bertz CT molecular complexity index is 601. The van der Waals surface area contributed by atoms with Crippen LogP contribution in [0.15, 0.2) is 36.7 Å². The summed E-state index contributed by atoms with van der Waals surface area (Å²) in [6.07, 6.45) is 5.36. The second-order valence-corrected chi connectivity index (χ2v) is 6.76. The predicted octanol–water partition coefficient (Wildman–Crippen LogP) is 2.48. The zero-order valence-corrected chi connectivity index (χ0v) is 14.9. The monoisotopic (exact) mass is 327 g/mol. The third kappa shape index (κ3) is 4.42. The number of hydrogen-bond donors (Lipinski definition) is 1. The molecule has 1 atom stereocenters. The first-order valence-electron chi connectivity index (χ1n) is 9.14. The predicted molar refractivity (Wildman–Crippen MR) is 96.7 cm³/mol. The van der Waals surface area contributed by atoms with Crippen molar-refractivity contribution < 1.29 is 0 Å². The van der Waals surface area contributed by atoms with Crippen LogP contribution in [0.3, 0.4) is 0 Å². The Kier molecular flexibility index (Phi) is 5.99. The van der Waals surface area contributed by atoms with Gasteiger partial charge in [-0.1, -0.05) is 30.3 Å². The summed E-state index contributed by atoms with van der Waals surface area (Å²) in [5.41, 5.74) is 1.43. The largest absolute Gasteiger partial charge is 0.317 e. The second kappa shape index (κ2) is 8.40. The number of nitrogens with zero attached hydrogens (tertiary/aromatic N) is 4. The van der Waals surface area contributed by atoms with Gasteiger partial charge in [-0.15, -0.1) is 10.2 Å². The van der Waals surface area contributed by atoms with E-state index in [1.165, 1.54) is 31.5 Å². The van der Waals surface area contributed by atoms with Gasteiger partial charge >= 0.3 is 0 Å². The summed E-state index contributed by atoms with van der Waals surface area (Å²) in [6, 6.07) is 12.0. The quantitative estimate of drug-likeness (QED) is 0.849. The van der Waals surface area contributed by atoms with Gasteiger partial charge in [0, 0.05) is 18.6 Å². The van der Waals surface area contributed by atoms with E-state index in [-0.39, 0.29) is 0 Å². The van der Waals surface area contributed by atoms with E-state index < -0.39 is 0 Å². The fraction of sp³-hybridized carbons (Fsp3) is 0.579. The minimum absolute atomic E-state index is 0.590. The Labute approximate surface area is 145 Å². The molecule has 1 aromatic heterocycles. The van der Waals surface area contributed by atoms with Crippen LogP contribution in [0.2, 0.25) is 0 Å². The number of piperidine rings is 1. The molecule has 1 aliphatic rings. The molecule has 3 rings (SSSR count). The molecule has 1 saturated heterocycles. The van der Waals surface area contributed by atoms with Crippen molar-refractivity contribution in [2.24, 2.45) is 0 Å². The highest BCUT2D eigenvalue weighted by Crippen LogP contribution is 2.16. The van der Waals surface area contributed by atoms with E-state index in [4.69, 9.17) is 0 Å². The molecule has 0 radical (unpaired) electrons. The smallest absolute Gasteiger partial charge is 0.146 e. The van der Waals surface area contributed by atoms with Crippen LogP contribution in [-0.4, -0.2) is 44.8 Å². The normalized spacial score (nSPS) is 17.9. The molecule has 2 aromatic rings. The summed E-state index contributed by atoms with van der Waals surface area (Å²) in [5, 5.41) is 11.9. The van der Waals surface area contributed by atoms with Crippen molar-refractivity contribution in [3.8, 4) is 0 Å². The number of hydrogen-bond acceptors (Lipinski definition) is 4. The lowest BCUT2D eigenvalue weighted by molar-refractivity contribution is 0.150. The Morgan fingerprint density at radius 1 is 1.21 bits per heavy atom. The molecule has 1 aliphatic heterocycles. The van der Waals surface area contributed by atoms with Crippen LogP contribution in [0.25, 0.3) is 0 Å². The summed E-state index contributed by atoms with van der Waals surface area (Å²) in [7, 11) is 0. The molecule has 1 aromatic carbocycles. The highest BCUT2D eigenvalue weighted by Gasteiger charge is 2.22. The van der Waals surface area contributed by atoms with Crippen molar-refractivity contribution in [2.45, 2.75) is 58.3 Å². The van der Waals surface area contributed by atoms with Crippen molar-refractivity contribution in [3.05, 3.63) is 48.0 Å². The highest BCUT2D eigenvalue weighted by molar-refractivity contribution is 5.15. The standard InChI is InChI=1S/C19H29N5/c1-3-23-15-21-22-19(23)14-20-18-9-11-24(12-10-18)16(2)13-17-7-5-4-6-8-17/h4-8,15-16,18,20H,3,9-14H2,1-2H3. The van der Waals surface area contributed by atoms with E-state index in [1.807, 2.05) is 6.33 Å². The van der Waals surface area contributed by atoms with Crippen molar-refractivity contribution in [1.29, 1.82) is 0 Å². The van der Waals surface area contributed by atoms with Crippen LogP contribution in [0.1, 0.15) is 38.1 Å². The van der Waals surface area contributed by atoms with E-state index in [2.05, 4.69) is 69.2 Å². The number of likely N-dealkylation sites (tertiary alicyclic amines) is 1. The first-order valence-corrected chi connectivity index (χ1v) is 9.14. The number of nitrogens with one attached hydrogen (secondary N) is 1. The van der Waals surface area contributed by atoms with E-state index in [0.29, 0.717) is 12.1 Å². The molecular formula is C19H29N5. The Morgan fingerprint density at radius 2 is 1.96 bits per heavy atom. The third-order valence-electron chi connectivity index (χ3n) is 5.11. The van der Waals surface area contributed by atoms with E-state index in [0.717, 1.165) is 25.3 Å². The van der Waals surface area contributed by atoms with Gasteiger partial charge in [-0.2, -0.15) is 0 Å². The molecule has 1 N–H and O–H groups in total. The summed E-state index contributed by atoms with van der Waals surface area (Å²) in [4.78, 5) is 2.62. The fourth-order valence-corrected chi connectivity index (χ4v) is 3.54. The first kappa shape index (κ1) is 17.1. The second-order valence-electron chi connectivity index (χ2n) is 6.76. The van der Waals surface area contributed by atoms with Gasteiger partial charge in [-0.05, 0) is 51.8 Å². The molecule has 1 unspecified atom stereocenters. The zero-order valence-electron chi connectivity index (χ0n) is 14.9.